The van der Waals surface area contributed by atoms with E-state index >= 15 is 0 Å². The molecule has 2 aromatic rings. The maximum atomic E-state index is 12.1. The summed E-state index contributed by atoms with van der Waals surface area (Å²) in [6, 6.07) is 6.58. The summed E-state index contributed by atoms with van der Waals surface area (Å²) in [5.41, 5.74) is 1.46. The lowest BCUT2D eigenvalue weighted by Gasteiger charge is -1.99. The number of halogens is 2. The summed E-state index contributed by atoms with van der Waals surface area (Å²) in [5.74, 6) is 0.138. The number of hydrogen-bond donors (Lipinski definition) is 1. The molecule has 84 valence electrons. The third kappa shape index (κ3) is 2.36. The van der Waals surface area contributed by atoms with Crippen molar-refractivity contribution in [2.45, 2.75) is 13.0 Å². The minimum atomic E-state index is -2.42. The van der Waals surface area contributed by atoms with Crippen molar-refractivity contribution in [3.05, 3.63) is 36.7 Å². The molecule has 16 heavy (non-hydrogen) atoms. The molecule has 0 fully saturated rings. The summed E-state index contributed by atoms with van der Waals surface area (Å²) in [5, 5.41) is 13.1. The van der Waals surface area contributed by atoms with E-state index in [-0.39, 0.29) is 5.75 Å². The van der Waals surface area contributed by atoms with Gasteiger partial charge in [-0.3, -0.25) is 4.68 Å². The Hall–Kier alpha value is -1.91. The zero-order valence-electron chi connectivity index (χ0n) is 8.35. The van der Waals surface area contributed by atoms with E-state index in [9.17, 15) is 13.9 Å². The summed E-state index contributed by atoms with van der Waals surface area (Å²) in [7, 11) is 0. The van der Waals surface area contributed by atoms with E-state index in [0.717, 1.165) is 5.56 Å². The third-order valence-electron chi connectivity index (χ3n) is 2.14. The first kappa shape index (κ1) is 10.6. The number of aromatic hydroxyl groups is 1. The first-order valence-corrected chi connectivity index (χ1v) is 4.75. The van der Waals surface area contributed by atoms with E-state index in [4.69, 9.17) is 0 Å². The maximum absolute atomic E-state index is 12.1. The summed E-state index contributed by atoms with van der Waals surface area (Å²) in [6.07, 6.45) is 0.606. The van der Waals surface area contributed by atoms with E-state index in [1.165, 1.54) is 17.1 Å². The minimum absolute atomic E-state index is 0.138. The van der Waals surface area contributed by atoms with Crippen LogP contribution in [0.25, 0.3) is 11.1 Å². The van der Waals surface area contributed by atoms with Gasteiger partial charge in [0, 0.05) is 11.8 Å². The number of phenols is 1. The molecule has 1 heterocycles. The highest BCUT2D eigenvalue weighted by atomic mass is 19.3. The Morgan fingerprint density at radius 3 is 2.81 bits per heavy atom. The van der Waals surface area contributed by atoms with Crippen molar-refractivity contribution < 1.29 is 13.9 Å². The van der Waals surface area contributed by atoms with Gasteiger partial charge in [0.1, 0.15) is 12.3 Å². The quantitative estimate of drug-likeness (QED) is 0.869. The van der Waals surface area contributed by atoms with E-state index < -0.39 is 13.0 Å². The van der Waals surface area contributed by atoms with Gasteiger partial charge in [0.15, 0.2) is 0 Å². The van der Waals surface area contributed by atoms with Crippen molar-refractivity contribution in [3.63, 3.8) is 0 Å². The number of benzene rings is 1. The zero-order chi connectivity index (χ0) is 11.5. The predicted octanol–water partition coefficient (Wildman–Crippen LogP) is 2.52. The van der Waals surface area contributed by atoms with E-state index in [1.54, 1.807) is 24.3 Å². The van der Waals surface area contributed by atoms with Crippen molar-refractivity contribution >= 4 is 0 Å². The van der Waals surface area contributed by atoms with Crippen LogP contribution in [0.1, 0.15) is 0 Å². The van der Waals surface area contributed by atoms with Crippen LogP contribution in [0.3, 0.4) is 0 Å². The topological polar surface area (TPSA) is 38.1 Å². The molecule has 0 radical (unpaired) electrons. The van der Waals surface area contributed by atoms with Gasteiger partial charge in [0.05, 0.1) is 6.20 Å². The molecule has 0 amide bonds. The van der Waals surface area contributed by atoms with E-state index in [0.29, 0.717) is 5.56 Å². The lowest BCUT2D eigenvalue weighted by Crippen LogP contribution is -2.06. The average Bonchev–Trinajstić information content (AvgIpc) is 2.65. The molecule has 1 aromatic heterocycles. The van der Waals surface area contributed by atoms with Crippen LogP contribution in [-0.2, 0) is 6.54 Å². The molecule has 1 N–H and O–H groups in total. The first-order chi connectivity index (χ1) is 7.65. The van der Waals surface area contributed by atoms with Crippen molar-refractivity contribution in [2.24, 2.45) is 0 Å². The zero-order valence-corrected chi connectivity index (χ0v) is 8.35. The largest absolute Gasteiger partial charge is 0.508 e. The summed E-state index contributed by atoms with van der Waals surface area (Å²) >= 11 is 0. The fourth-order valence-corrected chi connectivity index (χ4v) is 1.44. The highest BCUT2D eigenvalue weighted by Gasteiger charge is 2.07. The number of phenolic OH excluding ortho intramolecular Hbond substituents is 1. The van der Waals surface area contributed by atoms with Gasteiger partial charge in [0.25, 0.3) is 6.43 Å². The van der Waals surface area contributed by atoms with Crippen LogP contribution in [-0.4, -0.2) is 21.3 Å². The molecule has 0 bridgehead atoms. The average molecular weight is 224 g/mol. The molecule has 0 spiro atoms. The van der Waals surface area contributed by atoms with E-state index in [1.807, 2.05) is 0 Å². The van der Waals surface area contributed by atoms with Gasteiger partial charge in [-0.2, -0.15) is 5.10 Å². The Morgan fingerprint density at radius 2 is 2.12 bits per heavy atom. The lowest BCUT2D eigenvalue weighted by atomic mass is 10.1. The van der Waals surface area contributed by atoms with Crippen LogP contribution in [0.4, 0.5) is 8.78 Å². The normalized spacial score (nSPS) is 10.9. The molecule has 5 heteroatoms. The van der Waals surface area contributed by atoms with Gasteiger partial charge < -0.3 is 5.11 Å². The standard InChI is InChI=1S/C11H10F2N2O/c12-11(13)7-15-6-9(5-14-15)8-2-1-3-10(16)4-8/h1-6,11,16H,7H2. The Kier molecular flexibility index (Phi) is 2.85. The maximum Gasteiger partial charge on any atom is 0.257 e. The molecular weight excluding hydrogens is 214 g/mol. The highest BCUT2D eigenvalue weighted by molar-refractivity contribution is 5.63. The van der Waals surface area contributed by atoms with Crippen molar-refractivity contribution in [1.82, 2.24) is 9.78 Å². The predicted molar refractivity (Wildman–Crippen MR) is 55.3 cm³/mol. The monoisotopic (exact) mass is 224 g/mol. The van der Waals surface area contributed by atoms with Crippen molar-refractivity contribution in [3.8, 4) is 16.9 Å². The van der Waals surface area contributed by atoms with Crippen LogP contribution < -0.4 is 0 Å². The van der Waals surface area contributed by atoms with Crippen LogP contribution in [0.2, 0.25) is 0 Å². The van der Waals surface area contributed by atoms with Crippen LogP contribution in [0.15, 0.2) is 36.7 Å². The first-order valence-electron chi connectivity index (χ1n) is 4.75. The molecule has 0 saturated heterocycles. The van der Waals surface area contributed by atoms with Gasteiger partial charge in [-0.25, -0.2) is 8.78 Å². The molecule has 0 atom stereocenters. The van der Waals surface area contributed by atoms with Gasteiger partial charge >= 0.3 is 0 Å². The lowest BCUT2D eigenvalue weighted by molar-refractivity contribution is 0.122. The SMILES string of the molecule is Oc1cccc(-c2cnn(CC(F)F)c2)c1. The minimum Gasteiger partial charge on any atom is -0.508 e. The van der Waals surface area contributed by atoms with Gasteiger partial charge in [-0.1, -0.05) is 12.1 Å². The summed E-state index contributed by atoms with van der Waals surface area (Å²) in [6.45, 7) is -0.418. The molecule has 0 aliphatic heterocycles. The van der Waals surface area contributed by atoms with Gasteiger partial charge in [0.2, 0.25) is 0 Å². The molecule has 0 aliphatic rings. The third-order valence-corrected chi connectivity index (χ3v) is 2.14. The number of hydrogen-bond acceptors (Lipinski definition) is 2. The smallest absolute Gasteiger partial charge is 0.257 e. The number of nitrogens with zero attached hydrogens (tertiary/aromatic N) is 2. The van der Waals surface area contributed by atoms with E-state index in [2.05, 4.69) is 5.10 Å². The molecule has 1 aromatic carbocycles. The van der Waals surface area contributed by atoms with Gasteiger partial charge in [-0.05, 0) is 17.7 Å². The highest BCUT2D eigenvalue weighted by Crippen LogP contribution is 2.22. The number of aromatic nitrogens is 2. The fourth-order valence-electron chi connectivity index (χ4n) is 1.44. The summed E-state index contributed by atoms with van der Waals surface area (Å²) < 4.78 is 25.4. The molecule has 0 unspecified atom stereocenters. The Balaban J connectivity index is 2.24. The van der Waals surface area contributed by atoms with Gasteiger partial charge in [-0.15, -0.1) is 0 Å². The molecule has 3 nitrogen and oxygen atoms in total. The second-order valence-electron chi connectivity index (χ2n) is 3.39. The van der Waals surface area contributed by atoms with Crippen molar-refractivity contribution in [2.75, 3.05) is 0 Å². The van der Waals surface area contributed by atoms with Crippen molar-refractivity contribution in [1.29, 1.82) is 0 Å². The number of alkyl halides is 2. The van der Waals surface area contributed by atoms with Crippen LogP contribution in [0.5, 0.6) is 5.75 Å². The van der Waals surface area contributed by atoms with Crippen LogP contribution in [0, 0.1) is 0 Å². The molecule has 0 aliphatic carbocycles. The molecular formula is C11H10F2N2O. The Bertz CT molecular complexity index is 482. The summed E-state index contributed by atoms with van der Waals surface area (Å²) in [4.78, 5) is 0. The number of rotatable bonds is 3. The second kappa shape index (κ2) is 4.30. The Morgan fingerprint density at radius 1 is 1.31 bits per heavy atom. The fraction of sp³-hybridized carbons (Fsp3) is 0.182. The molecule has 2 rings (SSSR count). The Labute approximate surface area is 91.0 Å². The van der Waals surface area contributed by atoms with Crippen LogP contribution >= 0.6 is 0 Å². The second-order valence-corrected chi connectivity index (χ2v) is 3.39. The molecule has 0 saturated carbocycles.